The summed E-state index contributed by atoms with van der Waals surface area (Å²) in [5, 5.41) is 8.57. The number of carboxylic acid groups (broad SMARTS) is 1. The fraction of sp³-hybridized carbons (Fsp3) is 0.364. The van der Waals surface area contributed by atoms with Crippen LogP contribution in [0.3, 0.4) is 0 Å². The molecular formula is C11H14O4. The molecule has 0 aliphatic heterocycles. The maximum absolute atomic E-state index is 10.5. The van der Waals surface area contributed by atoms with E-state index in [1.165, 1.54) is 0 Å². The molecule has 1 unspecified atom stereocenters. The van der Waals surface area contributed by atoms with Gasteiger partial charge in [0.2, 0.25) is 0 Å². The smallest absolute Gasteiger partial charge is 0.450 e. The van der Waals surface area contributed by atoms with Gasteiger partial charge in [0, 0.05) is 6.61 Å². The van der Waals surface area contributed by atoms with Gasteiger partial charge in [0.25, 0.3) is 0 Å². The van der Waals surface area contributed by atoms with Gasteiger partial charge in [0.1, 0.15) is 0 Å². The molecule has 1 atom stereocenters. The molecule has 82 valence electrons. The van der Waals surface area contributed by atoms with Crippen LogP contribution in [0, 0.1) is 0 Å². The van der Waals surface area contributed by atoms with Gasteiger partial charge in [-0.05, 0) is 12.5 Å². The van der Waals surface area contributed by atoms with Crippen LogP contribution < -0.4 is 0 Å². The molecule has 0 saturated heterocycles. The Balaban J connectivity index is 2.67. The van der Waals surface area contributed by atoms with Gasteiger partial charge in [0.05, 0.1) is 6.61 Å². The average molecular weight is 210 g/mol. The van der Waals surface area contributed by atoms with Crippen LogP contribution in [0.1, 0.15) is 18.6 Å². The van der Waals surface area contributed by atoms with Crippen LogP contribution in [0.4, 0.5) is 4.79 Å². The van der Waals surface area contributed by atoms with Crippen molar-refractivity contribution >= 4 is 6.16 Å². The number of carbonyl (C=O) groups is 1. The monoisotopic (exact) mass is 210 g/mol. The fourth-order valence-corrected chi connectivity index (χ4v) is 1.21. The molecule has 0 amide bonds. The van der Waals surface area contributed by atoms with E-state index in [9.17, 15) is 4.79 Å². The summed E-state index contributed by atoms with van der Waals surface area (Å²) in [6.45, 7) is 2.63. The highest BCUT2D eigenvalue weighted by Gasteiger charge is 2.15. The van der Waals surface area contributed by atoms with E-state index in [4.69, 9.17) is 14.6 Å². The molecule has 0 saturated carbocycles. The molecule has 0 bridgehead atoms. The summed E-state index contributed by atoms with van der Waals surface area (Å²) in [6.07, 6.45) is -1.84. The van der Waals surface area contributed by atoms with Crippen LogP contribution in [0.5, 0.6) is 0 Å². The van der Waals surface area contributed by atoms with Crippen molar-refractivity contribution in [3.63, 3.8) is 0 Å². The van der Waals surface area contributed by atoms with Crippen molar-refractivity contribution in [3.8, 4) is 0 Å². The van der Waals surface area contributed by atoms with Gasteiger partial charge in [-0.1, -0.05) is 30.3 Å². The van der Waals surface area contributed by atoms with Crippen LogP contribution in [0.15, 0.2) is 30.3 Å². The molecule has 0 aliphatic rings. The van der Waals surface area contributed by atoms with Crippen LogP contribution in [0.25, 0.3) is 0 Å². The van der Waals surface area contributed by atoms with Gasteiger partial charge in [-0.2, -0.15) is 0 Å². The Hall–Kier alpha value is -1.55. The molecule has 0 radical (unpaired) electrons. The van der Waals surface area contributed by atoms with Crippen molar-refractivity contribution in [1.82, 2.24) is 0 Å². The predicted octanol–water partition coefficient (Wildman–Crippen LogP) is 2.46. The first kappa shape index (κ1) is 11.5. The molecule has 15 heavy (non-hydrogen) atoms. The van der Waals surface area contributed by atoms with Gasteiger partial charge >= 0.3 is 6.16 Å². The Kier molecular flexibility index (Phi) is 4.63. The van der Waals surface area contributed by atoms with Gasteiger partial charge in [0.15, 0.2) is 6.10 Å². The normalized spacial score (nSPS) is 12.1. The number of ether oxygens (including phenoxy) is 2. The molecule has 1 rings (SSSR count). The predicted molar refractivity (Wildman–Crippen MR) is 54.8 cm³/mol. The lowest BCUT2D eigenvalue weighted by Crippen LogP contribution is -2.15. The summed E-state index contributed by atoms with van der Waals surface area (Å²) in [5.41, 5.74) is 0.799. The van der Waals surface area contributed by atoms with E-state index in [0.717, 1.165) is 5.56 Å². The van der Waals surface area contributed by atoms with Gasteiger partial charge < -0.3 is 14.6 Å². The lowest BCUT2D eigenvalue weighted by atomic mass is 10.1. The highest BCUT2D eigenvalue weighted by molar-refractivity contribution is 5.57. The maximum Gasteiger partial charge on any atom is 0.506 e. The zero-order valence-corrected chi connectivity index (χ0v) is 8.55. The summed E-state index contributed by atoms with van der Waals surface area (Å²) in [7, 11) is 0. The van der Waals surface area contributed by atoms with E-state index < -0.39 is 12.3 Å². The molecule has 0 spiro atoms. The van der Waals surface area contributed by atoms with Crippen molar-refractivity contribution in [1.29, 1.82) is 0 Å². The summed E-state index contributed by atoms with van der Waals surface area (Å²) in [5.74, 6) is 0. The Bertz CT molecular complexity index is 297. The lowest BCUT2D eigenvalue weighted by Gasteiger charge is -2.15. The Labute approximate surface area is 88.4 Å². The molecule has 1 aromatic carbocycles. The SMILES string of the molecule is CCOCC(OC(=O)O)c1ccccc1. The maximum atomic E-state index is 10.5. The van der Waals surface area contributed by atoms with E-state index >= 15 is 0 Å². The van der Waals surface area contributed by atoms with Crippen molar-refractivity contribution in [2.45, 2.75) is 13.0 Å². The second kappa shape index (κ2) is 6.03. The number of hydrogen-bond donors (Lipinski definition) is 1. The zero-order chi connectivity index (χ0) is 11.1. The van der Waals surface area contributed by atoms with E-state index in [2.05, 4.69) is 0 Å². The number of hydrogen-bond acceptors (Lipinski definition) is 3. The van der Waals surface area contributed by atoms with Crippen molar-refractivity contribution in [2.75, 3.05) is 13.2 Å². The summed E-state index contributed by atoms with van der Waals surface area (Å²) >= 11 is 0. The first-order valence-electron chi connectivity index (χ1n) is 4.76. The highest BCUT2D eigenvalue weighted by atomic mass is 16.7. The summed E-state index contributed by atoms with van der Waals surface area (Å²) in [6, 6.07) is 9.15. The Morgan fingerprint density at radius 3 is 2.60 bits per heavy atom. The third-order valence-electron chi connectivity index (χ3n) is 1.89. The van der Waals surface area contributed by atoms with E-state index in [1.807, 2.05) is 37.3 Å². The first-order chi connectivity index (χ1) is 7.24. The largest absolute Gasteiger partial charge is 0.506 e. The minimum Gasteiger partial charge on any atom is -0.450 e. The van der Waals surface area contributed by atoms with Crippen LogP contribution >= 0.6 is 0 Å². The quantitative estimate of drug-likeness (QED) is 0.758. The number of benzene rings is 1. The summed E-state index contributed by atoms with van der Waals surface area (Å²) < 4.78 is 9.89. The standard InChI is InChI=1S/C11H14O4/c1-2-14-8-10(15-11(12)13)9-6-4-3-5-7-9/h3-7,10H,2,8H2,1H3,(H,12,13). The molecule has 1 N–H and O–H groups in total. The Morgan fingerprint density at radius 1 is 1.40 bits per heavy atom. The molecule has 0 heterocycles. The van der Waals surface area contributed by atoms with E-state index in [-0.39, 0.29) is 6.61 Å². The van der Waals surface area contributed by atoms with Gasteiger partial charge in [-0.3, -0.25) is 0 Å². The third kappa shape index (κ3) is 3.99. The summed E-state index contributed by atoms with van der Waals surface area (Å²) in [4.78, 5) is 10.5. The highest BCUT2D eigenvalue weighted by Crippen LogP contribution is 2.17. The minimum absolute atomic E-state index is 0.243. The minimum atomic E-state index is -1.29. The van der Waals surface area contributed by atoms with Crippen molar-refractivity contribution < 1.29 is 19.4 Å². The second-order valence-corrected chi connectivity index (χ2v) is 2.94. The first-order valence-corrected chi connectivity index (χ1v) is 4.76. The van der Waals surface area contributed by atoms with Crippen LogP contribution in [-0.2, 0) is 9.47 Å². The van der Waals surface area contributed by atoms with Crippen molar-refractivity contribution in [2.24, 2.45) is 0 Å². The molecule has 1 aromatic rings. The molecule has 0 aliphatic carbocycles. The molecular weight excluding hydrogens is 196 g/mol. The van der Waals surface area contributed by atoms with E-state index in [0.29, 0.717) is 6.61 Å². The van der Waals surface area contributed by atoms with Gasteiger partial charge in [-0.15, -0.1) is 0 Å². The van der Waals surface area contributed by atoms with E-state index in [1.54, 1.807) is 0 Å². The molecule has 4 nitrogen and oxygen atoms in total. The second-order valence-electron chi connectivity index (χ2n) is 2.94. The third-order valence-corrected chi connectivity index (χ3v) is 1.89. The lowest BCUT2D eigenvalue weighted by molar-refractivity contribution is 0.0000527. The molecule has 0 aromatic heterocycles. The fourth-order valence-electron chi connectivity index (χ4n) is 1.21. The number of rotatable bonds is 5. The average Bonchev–Trinajstić information content (AvgIpc) is 2.25. The van der Waals surface area contributed by atoms with Crippen LogP contribution in [0.2, 0.25) is 0 Å². The Morgan fingerprint density at radius 2 is 2.07 bits per heavy atom. The zero-order valence-electron chi connectivity index (χ0n) is 8.55. The topological polar surface area (TPSA) is 55.8 Å². The van der Waals surface area contributed by atoms with Crippen molar-refractivity contribution in [3.05, 3.63) is 35.9 Å². The van der Waals surface area contributed by atoms with Gasteiger partial charge in [-0.25, -0.2) is 4.79 Å². The van der Waals surface area contributed by atoms with Crippen LogP contribution in [-0.4, -0.2) is 24.5 Å². The molecule has 0 fully saturated rings. The molecule has 4 heteroatoms.